The number of carbonyl (C=O) groups is 2. The van der Waals surface area contributed by atoms with Crippen LogP contribution in [0.3, 0.4) is 0 Å². The SMILES string of the molecule is Cl.Nc1cc2c(cc1NC(=O)C1CCCN(C(=O)NC3CCCC3)C1)OCO2. The molecule has 28 heavy (non-hydrogen) atoms. The average molecular weight is 411 g/mol. The van der Waals surface area contributed by atoms with E-state index in [1.807, 2.05) is 0 Å². The van der Waals surface area contributed by atoms with Crippen LogP contribution in [0.5, 0.6) is 11.5 Å². The topological polar surface area (TPSA) is 106 Å². The number of ether oxygens (including phenoxy) is 2. The number of rotatable bonds is 3. The molecule has 0 spiro atoms. The van der Waals surface area contributed by atoms with Crippen molar-refractivity contribution in [2.45, 2.75) is 44.6 Å². The third-order valence-electron chi connectivity index (χ3n) is 5.56. The standard InChI is InChI=1S/C19H26N4O4.ClH/c20-14-8-16-17(27-11-26-16)9-15(14)22-18(24)12-4-3-7-23(10-12)19(25)21-13-5-1-2-6-13;/h8-9,12-13H,1-7,10-11,20H2,(H,21,25)(H,22,24);1H. The smallest absolute Gasteiger partial charge is 0.317 e. The summed E-state index contributed by atoms with van der Waals surface area (Å²) in [5.41, 5.74) is 6.95. The molecule has 1 aromatic carbocycles. The fourth-order valence-corrected chi connectivity index (χ4v) is 4.01. The minimum Gasteiger partial charge on any atom is -0.454 e. The van der Waals surface area contributed by atoms with Gasteiger partial charge < -0.3 is 30.7 Å². The van der Waals surface area contributed by atoms with Gasteiger partial charge in [-0.15, -0.1) is 12.4 Å². The van der Waals surface area contributed by atoms with Gasteiger partial charge in [0.15, 0.2) is 11.5 Å². The molecule has 1 aliphatic carbocycles. The number of hydrogen-bond acceptors (Lipinski definition) is 5. The number of nitrogen functional groups attached to an aromatic ring is 1. The minimum absolute atomic E-state index is 0. The van der Waals surface area contributed by atoms with Crippen molar-refractivity contribution in [2.24, 2.45) is 5.92 Å². The van der Waals surface area contributed by atoms with Gasteiger partial charge in [-0.1, -0.05) is 12.8 Å². The van der Waals surface area contributed by atoms with Crippen LogP contribution in [0.2, 0.25) is 0 Å². The van der Waals surface area contributed by atoms with Gasteiger partial charge in [-0.25, -0.2) is 4.79 Å². The van der Waals surface area contributed by atoms with Gasteiger partial charge in [-0.3, -0.25) is 4.79 Å². The number of piperidine rings is 1. The molecule has 2 aliphatic heterocycles. The second-order valence-corrected chi connectivity index (χ2v) is 7.50. The molecule has 1 atom stereocenters. The Bertz CT molecular complexity index is 739. The quantitative estimate of drug-likeness (QED) is 0.664. The lowest BCUT2D eigenvalue weighted by Gasteiger charge is -2.33. The number of halogens is 1. The molecule has 1 aromatic rings. The van der Waals surface area contributed by atoms with Gasteiger partial charge in [0, 0.05) is 31.3 Å². The molecule has 4 N–H and O–H groups in total. The Morgan fingerprint density at radius 1 is 1.07 bits per heavy atom. The van der Waals surface area contributed by atoms with Gasteiger partial charge in [0.05, 0.1) is 17.3 Å². The van der Waals surface area contributed by atoms with E-state index < -0.39 is 0 Å². The number of carbonyl (C=O) groups excluding carboxylic acids is 2. The van der Waals surface area contributed by atoms with Gasteiger partial charge in [-0.2, -0.15) is 0 Å². The minimum atomic E-state index is -0.252. The van der Waals surface area contributed by atoms with E-state index in [0.717, 1.165) is 25.7 Å². The van der Waals surface area contributed by atoms with Crippen LogP contribution in [0, 0.1) is 5.92 Å². The van der Waals surface area contributed by atoms with Crippen LogP contribution in [-0.2, 0) is 4.79 Å². The van der Waals surface area contributed by atoms with E-state index in [1.165, 1.54) is 12.8 Å². The van der Waals surface area contributed by atoms with E-state index in [-0.39, 0.29) is 43.1 Å². The average Bonchev–Trinajstić information content (AvgIpc) is 3.33. The summed E-state index contributed by atoms with van der Waals surface area (Å²) in [6, 6.07) is 3.56. The van der Waals surface area contributed by atoms with Gasteiger partial charge >= 0.3 is 6.03 Å². The largest absolute Gasteiger partial charge is 0.454 e. The molecule has 1 unspecified atom stereocenters. The molecule has 2 heterocycles. The van der Waals surface area contributed by atoms with E-state index in [2.05, 4.69) is 10.6 Å². The fraction of sp³-hybridized carbons (Fsp3) is 0.579. The number of nitrogens with zero attached hydrogens (tertiary/aromatic N) is 1. The molecular weight excluding hydrogens is 384 g/mol. The van der Waals surface area contributed by atoms with Crippen molar-refractivity contribution in [3.63, 3.8) is 0 Å². The summed E-state index contributed by atoms with van der Waals surface area (Å²) >= 11 is 0. The zero-order chi connectivity index (χ0) is 18.8. The Kier molecular flexibility index (Phi) is 6.39. The Balaban J connectivity index is 0.00000225. The van der Waals surface area contributed by atoms with Crippen molar-refractivity contribution in [1.82, 2.24) is 10.2 Å². The lowest BCUT2D eigenvalue weighted by Crippen LogP contribution is -2.49. The monoisotopic (exact) mass is 410 g/mol. The highest BCUT2D eigenvalue weighted by Gasteiger charge is 2.30. The van der Waals surface area contributed by atoms with Crippen molar-refractivity contribution in [1.29, 1.82) is 0 Å². The maximum Gasteiger partial charge on any atom is 0.317 e. The number of anilines is 2. The second-order valence-electron chi connectivity index (χ2n) is 7.50. The summed E-state index contributed by atoms with van der Waals surface area (Å²) < 4.78 is 10.6. The first-order valence-electron chi connectivity index (χ1n) is 9.65. The van der Waals surface area contributed by atoms with Crippen molar-refractivity contribution >= 4 is 35.7 Å². The summed E-state index contributed by atoms with van der Waals surface area (Å²) in [6.45, 7) is 1.27. The molecular formula is C19H27ClN4O4. The van der Waals surface area contributed by atoms with Crippen molar-refractivity contribution < 1.29 is 19.1 Å². The summed E-state index contributed by atoms with van der Waals surface area (Å²) in [4.78, 5) is 27.0. The van der Waals surface area contributed by atoms with Crippen LogP contribution < -0.4 is 25.8 Å². The Labute approximate surface area is 170 Å². The number of nitrogens with one attached hydrogen (secondary N) is 2. The normalized spacial score (nSPS) is 21.1. The highest BCUT2D eigenvalue weighted by molar-refractivity contribution is 5.96. The highest BCUT2D eigenvalue weighted by atomic mass is 35.5. The van der Waals surface area contributed by atoms with E-state index in [0.29, 0.717) is 36.0 Å². The van der Waals surface area contributed by atoms with Gasteiger partial charge in [-0.05, 0) is 25.7 Å². The maximum atomic E-state index is 12.7. The van der Waals surface area contributed by atoms with Crippen LogP contribution in [-0.4, -0.2) is 42.8 Å². The molecule has 1 saturated heterocycles. The van der Waals surface area contributed by atoms with Gasteiger partial charge in [0.2, 0.25) is 12.7 Å². The molecule has 0 bridgehead atoms. The van der Waals surface area contributed by atoms with Gasteiger partial charge in [0.25, 0.3) is 0 Å². The van der Waals surface area contributed by atoms with E-state index in [9.17, 15) is 9.59 Å². The molecule has 3 aliphatic rings. The molecule has 0 radical (unpaired) electrons. The maximum absolute atomic E-state index is 12.7. The molecule has 3 amide bonds. The number of fused-ring (bicyclic) bond motifs is 1. The number of hydrogen-bond donors (Lipinski definition) is 3. The molecule has 4 rings (SSSR count). The Hall–Kier alpha value is -2.35. The van der Waals surface area contributed by atoms with Crippen LogP contribution in [0.4, 0.5) is 16.2 Å². The van der Waals surface area contributed by atoms with Crippen molar-refractivity contribution in [3.05, 3.63) is 12.1 Å². The predicted octanol–water partition coefficient (Wildman–Crippen LogP) is 2.72. The molecule has 8 nitrogen and oxygen atoms in total. The van der Waals surface area contributed by atoms with Crippen LogP contribution >= 0.6 is 12.4 Å². The molecule has 9 heteroatoms. The third kappa shape index (κ3) is 4.38. The zero-order valence-corrected chi connectivity index (χ0v) is 16.6. The number of nitrogens with two attached hydrogens (primary N) is 1. The van der Waals surface area contributed by atoms with Crippen LogP contribution in [0.15, 0.2) is 12.1 Å². The van der Waals surface area contributed by atoms with Crippen LogP contribution in [0.1, 0.15) is 38.5 Å². The van der Waals surface area contributed by atoms with Crippen molar-refractivity contribution in [2.75, 3.05) is 30.9 Å². The number of likely N-dealkylation sites (tertiary alicyclic amines) is 1. The van der Waals surface area contributed by atoms with E-state index in [1.54, 1.807) is 17.0 Å². The first kappa shape index (κ1) is 20.4. The lowest BCUT2D eigenvalue weighted by atomic mass is 9.97. The molecule has 154 valence electrons. The second kappa shape index (κ2) is 8.77. The van der Waals surface area contributed by atoms with Crippen LogP contribution in [0.25, 0.3) is 0 Å². The summed E-state index contributed by atoms with van der Waals surface area (Å²) in [5, 5.41) is 5.98. The number of benzene rings is 1. The van der Waals surface area contributed by atoms with Gasteiger partial charge in [0.1, 0.15) is 0 Å². The highest BCUT2D eigenvalue weighted by Crippen LogP contribution is 2.38. The summed E-state index contributed by atoms with van der Waals surface area (Å²) in [5.74, 6) is 0.774. The predicted molar refractivity (Wildman–Crippen MR) is 108 cm³/mol. The van der Waals surface area contributed by atoms with Crippen molar-refractivity contribution in [3.8, 4) is 11.5 Å². The molecule has 0 aromatic heterocycles. The van der Waals surface area contributed by atoms with E-state index >= 15 is 0 Å². The fourth-order valence-electron chi connectivity index (χ4n) is 4.01. The number of urea groups is 1. The first-order chi connectivity index (χ1) is 13.1. The third-order valence-corrected chi connectivity index (χ3v) is 5.56. The molecule has 2 fully saturated rings. The zero-order valence-electron chi connectivity index (χ0n) is 15.7. The Morgan fingerprint density at radius 2 is 1.79 bits per heavy atom. The summed E-state index contributed by atoms with van der Waals surface area (Å²) in [6.07, 6.45) is 6.01. The summed E-state index contributed by atoms with van der Waals surface area (Å²) in [7, 11) is 0. The lowest BCUT2D eigenvalue weighted by molar-refractivity contribution is -0.121. The molecule has 1 saturated carbocycles. The number of amides is 3. The Morgan fingerprint density at radius 3 is 2.54 bits per heavy atom. The van der Waals surface area contributed by atoms with E-state index in [4.69, 9.17) is 15.2 Å². The first-order valence-corrected chi connectivity index (χ1v) is 9.65.